The summed E-state index contributed by atoms with van der Waals surface area (Å²) in [6, 6.07) is 11.4. The summed E-state index contributed by atoms with van der Waals surface area (Å²) in [6.07, 6.45) is 0. The molecule has 0 spiro atoms. The monoisotopic (exact) mass is 224 g/mol. The molecule has 6 N–H and O–H groups in total. The molecule has 0 fully saturated rings. The van der Waals surface area contributed by atoms with Crippen LogP contribution in [-0.2, 0) is 0 Å². The average Bonchev–Trinajstić information content (AvgIpc) is 2.61. The zero-order valence-corrected chi connectivity index (χ0v) is 9.14. The minimum atomic E-state index is 0.700. The third-order valence-corrected chi connectivity index (χ3v) is 3.02. The van der Waals surface area contributed by atoms with E-state index in [1.807, 2.05) is 36.4 Å². The average molecular weight is 224 g/mol. The molecule has 4 nitrogen and oxygen atoms in total. The third-order valence-electron chi connectivity index (χ3n) is 3.02. The van der Waals surface area contributed by atoms with Crippen molar-refractivity contribution in [3.05, 3.63) is 47.5 Å². The quantitative estimate of drug-likeness (QED) is 0.307. The van der Waals surface area contributed by atoms with Crippen LogP contribution in [0.3, 0.4) is 0 Å². The van der Waals surface area contributed by atoms with Gasteiger partial charge in [-0.15, -0.1) is 0 Å². The van der Waals surface area contributed by atoms with E-state index in [0.29, 0.717) is 5.69 Å². The molecule has 0 amide bonds. The molecular weight excluding hydrogens is 212 g/mol. The highest BCUT2D eigenvalue weighted by Crippen LogP contribution is 2.38. The Morgan fingerprint density at radius 2 is 1.29 bits per heavy atom. The first kappa shape index (κ1) is 9.72. The molecule has 0 atom stereocenters. The standard InChI is InChI=1S/C13H12N4/c14-7-2-4-10-11(5-7)9-3-1-8(15)6-12(9)13(10)17-16/h1-6H,14-16H2. The van der Waals surface area contributed by atoms with Crippen LogP contribution in [0.15, 0.2) is 41.5 Å². The van der Waals surface area contributed by atoms with Crippen LogP contribution < -0.4 is 17.3 Å². The molecule has 0 aromatic heterocycles. The molecule has 0 unspecified atom stereocenters. The molecule has 4 heteroatoms. The number of benzene rings is 2. The van der Waals surface area contributed by atoms with Gasteiger partial charge in [-0.05, 0) is 35.4 Å². The van der Waals surface area contributed by atoms with Gasteiger partial charge >= 0.3 is 0 Å². The van der Waals surface area contributed by atoms with Gasteiger partial charge in [0.1, 0.15) is 0 Å². The Bertz CT molecular complexity index is 644. The van der Waals surface area contributed by atoms with Gasteiger partial charge in [-0.1, -0.05) is 12.1 Å². The van der Waals surface area contributed by atoms with Crippen molar-refractivity contribution in [2.24, 2.45) is 10.9 Å². The summed E-state index contributed by atoms with van der Waals surface area (Å²) in [5.41, 5.74) is 17.9. The molecule has 2 aromatic carbocycles. The number of nitrogens with two attached hydrogens (primary N) is 3. The van der Waals surface area contributed by atoms with Crippen molar-refractivity contribution in [3.8, 4) is 11.1 Å². The maximum Gasteiger partial charge on any atom is 0.0984 e. The molecule has 3 rings (SSSR count). The lowest BCUT2D eigenvalue weighted by Gasteiger charge is -2.01. The fourth-order valence-electron chi connectivity index (χ4n) is 2.27. The highest BCUT2D eigenvalue weighted by molar-refractivity contribution is 6.25. The topological polar surface area (TPSA) is 90.4 Å². The van der Waals surface area contributed by atoms with Crippen LogP contribution in [0.5, 0.6) is 0 Å². The Morgan fingerprint density at radius 1 is 0.706 bits per heavy atom. The number of anilines is 2. The molecule has 0 aliphatic heterocycles. The summed E-state index contributed by atoms with van der Waals surface area (Å²) in [5.74, 6) is 5.47. The molecular formula is C13H12N4. The van der Waals surface area contributed by atoms with Gasteiger partial charge in [-0.2, -0.15) is 5.10 Å². The molecule has 2 aromatic rings. The lowest BCUT2D eigenvalue weighted by molar-refractivity contribution is 1.25. The predicted octanol–water partition coefficient (Wildman–Crippen LogP) is 1.54. The van der Waals surface area contributed by atoms with E-state index in [1.54, 1.807) is 0 Å². The van der Waals surface area contributed by atoms with Crippen molar-refractivity contribution in [1.82, 2.24) is 0 Å². The van der Waals surface area contributed by atoms with Crippen LogP contribution in [0.1, 0.15) is 11.1 Å². The van der Waals surface area contributed by atoms with Gasteiger partial charge < -0.3 is 17.3 Å². The van der Waals surface area contributed by atoms with Crippen molar-refractivity contribution < 1.29 is 0 Å². The first-order valence-corrected chi connectivity index (χ1v) is 5.29. The number of fused-ring (bicyclic) bond motifs is 3. The van der Waals surface area contributed by atoms with E-state index in [0.717, 1.165) is 33.7 Å². The third kappa shape index (κ3) is 1.27. The van der Waals surface area contributed by atoms with E-state index in [9.17, 15) is 0 Å². The van der Waals surface area contributed by atoms with Gasteiger partial charge in [-0.3, -0.25) is 0 Å². The van der Waals surface area contributed by atoms with Gasteiger partial charge in [0.15, 0.2) is 0 Å². The van der Waals surface area contributed by atoms with E-state index in [1.165, 1.54) is 0 Å². The highest BCUT2D eigenvalue weighted by atomic mass is 15.1. The van der Waals surface area contributed by atoms with Gasteiger partial charge in [0.25, 0.3) is 0 Å². The second-order valence-electron chi connectivity index (χ2n) is 4.09. The van der Waals surface area contributed by atoms with Crippen molar-refractivity contribution in [1.29, 1.82) is 0 Å². The number of hydrogen-bond acceptors (Lipinski definition) is 4. The summed E-state index contributed by atoms with van der Waals surface area (Å²) in [5, 5.41) is 3.86. The lowest BCUT2D eigenvalue weighted by Crippen LogP contribution is -2.02. The number of nitrogen functional groups attached to an aromatic ring is 2. The van der Waals surface area contributed by atoms with Crippen molar-refractivity contribution in [2.45, 2.75) is 0 Å². The first-order chi connectivity index (χ1) is 8.20. The van der Waals surface area contributed by atoms with Crippen LogP contribution in [0.4, 0.5) is 11.4 Å². The van der Waals surface area contributed by atoms with E-state index in [2.05, 4.69) is 5.10 Å². The molecule has 1 aliphatic rings. The molecule has 1 aliphatic carbocycles. The summed E-state index contributed by atoms with van der Waals surface area (Å²) >= 11 is 0. The van der Waals surface area contributed by atoms with Crippen molar-refractivity contribution in [3.63, 3.8) is 0 Å². The largest absolute Gasteiger partial charge is 0.399 e. The Balaban J connectivity index is 2.38. The maximum absolute atomic E-state index is 5.81. The predicted molar refractivity (Wildman–Crippen MR) is 70.5 cm³/mol. The molecule has 0 bridgehead atoms. The molecule has 0 saturated carbocycles. The van der Waals surface area contributed by atoms with Crippen LogP contribution in [0.2, 0.25) is 0 Å². The van der Waals surface area contributed by atoms with Crippen molar-refractivity contribution >= 4 is 17.1 Å². The number of hydrazone groups is 1. The lowest BCUT2D eigenvalue weighted by atomic mass is 10.1. The minimum Gasteiger partial charge on any atom is -0.399 e. The number of nitrogens with zero attached hydrogens (tertiary/aromatic N) is 1. The Morgan fingerprint density at radius 3 is 1.94 bits per heavy atom. The maximum atomic E-state index is 5.81. The second-order valence-corrected chi connectivity index (χ2v) is 4.09. The van der Waals surface area contributed by atoms with Gasteiger partial charge in [0.05, 0.1) is 5.71 Å². The van der Waals surface area contributed by atoms with Gasteiger partial charge in [-0.25, -0.2) is 0 Å². The summed E-state index contributed by atoms with van der Waals surface area (Å²) in [4.78, 5) is 0. The SMILES string of the molecule is NN=C1c2cc(N)ccc2-c2cc(N)ccc21. The highest BCUT2D eigenvalue weighted by Gasteiger charge is 2.24. The van der Waals surface area contributed by atoms with E-state index in [-0.39, 0.29) is 0 Å². The molecule has 84 valence electrons. The summed E-state index contributed by atoms with van der Waals surface area (Å²) < 4.78 is 0. The van der Waals surface area contributed by atoms with Crippen molar-refractivity contribution in [2.75, 3.05) is 11.5 Å². The number of rotatable bonds is 0. The Kier molecular flexibility index (Phi) is 1.86. The van der Waals surface area contributed by atoms with E-state index >= 15 is 0 Å². The molecule has 0 heterocycles. The summed E-state index contributed by atoms with van der Waals surface area (Å²) in [7, 11) is 0. The van der Waals surface area contributed by atoms with Gasteiger partial charge in [0.2, 0.25) is 0 Å². The smallest absolute Gasteiger partial charge is 0.0984 e. The van der Waals surface area contributed by atoms with E-state index in [4.69, 9.17) is 17.3 Å². The molecule has 17 heavy (non-hydrogen) atoms. The normalized spacial score (nSPS) is 14.7. The number of hydrogen-bond donors (Lipinski definition) is 3. The zero-order valence-electron chi connectivity index (χ0n) is 9.14. The zero-order chi connectivity index (χ0) is 12.0. The Labute approximate surface area is 98.7 Å². The second kappa shape index (κ2) is 3.25. The van der Waals surface area contributed by atoms with Crippen LogP contribution >= 0.6 is 0 Å². The fourth-order valence-corrected chi connectivity index (χ4v) is 2.27. The van der Waals surface area contributed by atoms with Gasteiger partial charge in [0, 0.05) is 22.5 Å². The van der Waals surface area contributed by atoms with Crippen LogP contribution in [0, 0.1) is 0 Å². The summed E-state index contributed by atoms with van der Waals surface area (Å²) in [6.45, 7) is 0. The van der Waals surface area contributed by atoms with Crippen LogP contribution in [0.25, 0.3) is 11.1 Å². The van der Waals surface area contributed by atoms with E-state index < -0.39 is 0 Å². The fraction of sp³-hybridized carbons (Fsp3) is 0. The molecule has 0 saturated heterocycles. The Hall–Kier alpha value is -2.49. The van der Waals surface area contributed by atoms with Crippen LogP contribution in [-0.4, -0.2) is 5.71 Å². The molecule has 0 radical (unpaired) electrons. The minimum absolute atomic E-state index is 0.700. The first-order valence-electron chi connectivity index (χ1n) is 5.29.